The Kier molecular flexibility index (Phi) is 6.17. The van der Waals surface area contributed by atoms with Crippen LogP contribution in [0.25, 0.3) is 11.2 Å². The van der Waals surface area contributed by atoms with Gasteiger partial charge in [-0.25, -0.2) is 4.98 Å². The van der Waals surface area contributed by atoms with Gasteiger partial charge in [0.05, 0.1) is 12.9 Å². The topological polar surface area (TPSA) is 111 Å². The maximum atomic E-state index is 11.9. The predicted molar refractivity (Wildman–Crippen MR) is 121 cm³/mol. The first kappa shape index (κ1) is 20.9. The number of carbonyl (C=O) groups excluding carboxylic acids is 1. The Balaban J connectivity index is 1.63. The van der Waals surface area contributed by atoms with Gasteiger partial charge in [0.25, 0.3) is 0 Å². The van der Waals surface area contributed by atoms with E-state index >= 15 is 0 Å². The number of carbonyl (C=O) groups is 1. The van der Waals surface area contributed by atoms with E-state index in [4.69, 9.17) is 4.98 Å². The van der Waals surface area contributed by atoms with Crippen LogP contribution in [0.2, 0.25) is 0 Å². The molecule has 1 amide bonds. The number of aromatic nitrogens is 4. The largest absolute Gasteiger partial charge is 0.395 e. The van der Waals surface area contributed by atoms with Gasteiger partial charge in [-0.1, -0.05) is 6.07 Å². The molecule has 10 nitrogen and oxygen atoms in total. The molecule has 4 rings (SSSR count). The van der Waals surface area contributed by atoms with Gasteiger partial charge in [-0.05, 0) is 24.6 Å². The van der Waals surface area contributed by atoms with Crippen LogP contribution in [0.4, 0.5) is 23.1 Å². The lowest BCUT2D eigenvalue weighted by Gasteiger charge is -2.16. The Morgan fingerprint density at radius 2 is 2.10 bits per heavy atom. The zero-order valence-electron chi connectivity index (χ0n) is 17.9. The fourth-order valence-electron chi connectivity index (χ4n) is 3.62. The van der Waals surface area contributed by atoms with E-state index in [2.05, 4.69) is 20.6 Å². The molecule has 1 aliphatic rings. The molecular formula is C21H28N8O2. The van der Waals surface area contributed by atoms with Crippen molar-refractivity contribution in [2.75, 3.05) is 55.9 Å². The molecule has 10 heteroatoms. The average Bonchev–Trinajstić information content (AvgIpc) is 3.36. The molecule has 2 aromatic heterocycles. The number of hydrogen-bond acceptors (Lipinski definition) is 8. The molecule has 3 N–H and O–H groups in total. The first-order chi connectivity index (χ1) is 15.0. The van der Waals surface area contributed by atoms with E-state index in [1.54, 1.807) is 6.33 Å². The van der Waals surface area contributed by atoms with Crippen LogP contribution >= 0.6 is 0 Å². The highest BCUT2D eigenvalue weighted by Gasteiger charge is 2.20. The Morgan fingerprint density at radius 3 is 2.84 bits per heavy atom. The number of hydrogen-bond donors (Lipinski definition) is 3. The van der Waals surface area contributed by atoms with E-state index in [1.165, 1.54) is 0 Å². The minimum absolute atomic E-state index is 0.0169. The number of aliphatic hydroxyl groups excluding tert-OH is 1. The molecule has 1 saturated heterocycles. The second-order valence-corrected chi connectivity index (χ2v) is 7.71. The highest BCUT2D eigenvalue weighted by atomic mass is 16.3. The Morgan fingerprint density at radius 1 is 1.23 bits per heavy atom. The minimum atomic E-state index is -0.0169. The van der Waals surface area contributed by atoms with Crippen LogP contribution in [-0.4, -0.2) is 75.8 Å². The standard InChI is InChI=1S/C21H28N8O2/c1-27(2)16-6-3-5-15(13-16)24-21-25-19(22-8-12-30)18-20(26-21)29(14-23-18)11-10-28-9-4-7-17(28)31/h3,5-6,13-14,30H,4,7-12H2,1-2H3,(H2,22,24,25,26). The van der Waals surface area contributed by atoms with E-state index in [0.29, 0.717) is 49.0 Å². The van der Waals surface area contributed by atoms with Gasteiger partial charge in [0.2, 0.25) is 11.9 Å². The van der Waals surface area contributed by atoms with Crippen LogP contribution in [0.15, 0.2) is 30.6 Å². The molecule has 0 spiro atoms. The molecule has 0 bridgehead atoms. The van der Waals surface area contributed by atoms with Crippen LogP contribution in [0.1, 0.15) is 12.8 Å². The molecule has 3 heterocycles. The summed E-state index contributed by atoms with van der Waals surface area (Å²) in [4.78, 5) is 29.6. The highest BCUT2D eigenvalue weighted by molar-refractivity contribution is 5.85. The molecule has 0 radical (unpaired) electrons. The molecule has 0 atom stereocenters. The average molecular weight is 425 g/mol. The normalized spacial score (nSPS) is 13.8. The van der Waals surface area contributed by atoms with Gasteiger partial charge in [0, 0.05) is 58.1 Å². The third-order valence-corrected chi connectivity index (χ3v) is 5.27. The number of anilines is 4. The Labute approximate surface area is 180 Å². The van der Waals surface area contributed by atoms with Gasteiger partial charge in [0.1, 0.15) is 0 Å². The van der Waals surface area contributed by atoms with E-state index in [-0.39, 0.29) is 12.5 Å². The number of aliphatic hydroxyl groups is 1. The summed E-state index contributed by atoms with van der Waals surface area (Å²) in [6.07, 6.45) is 3.27. The molecule has 1 fully saturated rings. The van der Waals surface area contributed by atoms with Crippen molar-refractivity contribution >= 4 is 40.2 Å². The second kappa shape index (κ2) is 9.17. The fourth-order valence-corrected chi connectivity index (χ4v) is 3.62. The number of likely N-dealkylation sites (tertiary alicyclic amines) is 1. The van der Waals surface area contributed by atoms with Crippen LogP contribution in [0.5, 0.6) is 0 Å². The van der Waals surface area contributed by atoms with Crippen molar-refractivity contribution in [1.29, 1.82) is 0 Å². The van der Waals surface area contributed by atoms with Crippen LogP contribution in [0, 0.1) is 0 Å². The SMILES string of the molecule is CN(C)c1cccc(Nc2nc(NCCO)c3ncn(CCN4CCCC4=O)c3n2)c1. The highest BCUT2D eigenvalue weighted by Crippen LogP contribution is 2.24. The number of amides is 1. The summed E-state index contributed by atoms with van der Waals surface area (Å²) in [5, 5.41) is 15.6. The maximum Gasteiger partial charge on any atom is 0.231 e. The minimum Gasteiger partial charge on any atom is -0.395 e. The Hall–Kier alpha value is -3.40. The van der Waals surface area contributed by atoms with Gasteiger partial charge >= 0.3 is 0 Å². The summed E-state index contributed by atoms with van der Waals surface area (Å²) < 4.78 is 1.94. The second-order valence-electron chi connectivity index (χ2n) is 7.71. The molecule has 164 valence electrons. The van der Waals surface area contributed by atoms with Crippen LogP contribution < -0.4 is 15.5 Å². The molecule has 31 heavy (non-hydrogen) atoms. The zero-order chi connectivity index (χ0) is 21.8. The van der Waals surface area contributed by atoms with Crippen molar-refractivity contribution in [3.05, 3.63) is 30.6 Å². The van der Waals surface area contributed by atoms with E-state index in [1.807, 2.05) is 52.7 Å². The smallest absolute Gasteiger partial charge is 0.231 e. The van der Waals surface area contributed by atoms with Gasteiger partial charge in [0.15, 0.2) is 17.0 Å². The van der Waals surface area contributed by atoms with Gasteiger partial charge in [-0.3, -0.25) is 4.79 Å². The lowest BCUT2D eigenvalue weighted by Crippen LogP contribution is -2.28. The number of fused-ring (bicyclic) bond motifs is 1. The third kappa shape index (κ3) is 4.69. The first-order valence-corrected chi connectivity index (χ1v) is 10.4. The molecule has 1 aromatic carbocycles. The number of nitrogens with zero attached hydrogens (tertiary/aromatic N) is 6. The number of rotatable bonds is 9. The predicted octanol–water partition coefficient (Wildman–Crippen LogP) is 1.66. The Bertz CT molecular complexity index is 1060. The molecule has 0 saturated carbocycles. The summed E-state index contributed by atoms with van der Waals surface area (Å²) >= 11 is 0. The molecule has 1 aliphatic heterocycles. The number of nitrogens with one attached hydrogen (secondary N) is 2. The summed E-state index contributed by atoms with van der Waals surface area (Å²) in [7, 11) is 3.98. The first-order valence-electron chi connectivity index (χ1n) is 10.4. The maximum absolute atomic E-state index is 11.9. The summed E-state index contributed by atoms with van der Waals surface area (Å²) in [5.74, 6) is 1.19. The van der Waals surface area contributed by atoms with Crippen molar-refractivity contribution < 1.29 is 9.90 Å². The molecule has 0 aliphatic carbocycles. The molecule has 0 unspecified atom stereocenters. The van der Waals surface area contributed by atoms with Crippen molar-refractivity contribution in [3.8, 4) is 0 Å². The van der Waals surface area contributed by atoms with E-state index in [9.17, 15) is 9.90 Å². The summed E-state index contributed by atoms with van der Waals surface area (Å²) in [6, 6.07) is 7.97. The van der Waals surface area contributed by atoms with Gasteiger partial charge in [-0.15, -0.1) is 0 Å². The lowest BCUT2D eigenvalue weighted by atomic mass is 10.2. The van der Waals surface area contributed by atoms with Crippen molar-refractivity contribution in [2.24, 2.45) is 0 Å². The summed E-state index contributed by atoms with van der Waals surface area (Å²) in [6.45, 7) is 2.38. The van der Waals surface area contributed by atoms with Crippen molar-refractivity contribution in [1.82, 2.24) is 24.4 Å². The summed E-state index contributed by atoms with van der Waals surface area (Å²) in [5.41, 5.74) is 3.24. The van der Waals surface area contributed by atoms with Crippen molar-refractivity contribution in [3.63, 3.8) is 0 Å². The van der Waals surface area contributed by atoms with Gasteiger partial charge < -0.3 is 30.1 Å². The number of benzene rings is 1. The van der Waals surface area contributed by atoms with E-state index in [0.717, 1.165) is 24.3 Å². The zero-order valence-corrected chi connectivity index (χ0v) is 17.9. The van der Waals surface area contributed by atoms with E-state index < -0.39 is 0 Å². The van der Waals surface area contributed by atoms with Crippen molar-refractivity contribution in [2.45, 2.75) is 19.4 Å². The molecule has 3 aromatic rings. The third-order valence-electron chi connectivity index (χ3n) is 5.27. The quantitative estimate of drug-likeness (QED) is 0.476. The van der Waals surface area contributed by atoms with Gasteiger partial charge in [-0.2, -0.15) is 9.97 Å². The lowest BCUT2D eigenvalue weighted by molar-refractivity contribution is -0.127. The fraction of sp³-hybridized carbons (Fsp3) is 0.429. The van der Waals surface area contributed by atoms with Crippen LogP contribution in [0.3, 0.4) is 0 Å². The monoisotopic (exact) mass is 424 g/mol. The molecular weight excluding hydrogens is 396 g/mol. The van der Waals surface area contributed by atoms with Crippen LogP contribution in [-0.2, 0) is 11.3 Å². The number of imidazole rings is 1.